The van der Waals surface area contributed by atoms with Crippen LogP contribution in [0.3, 0.4) is 0 Å². The number of fused-ring (bicyclic) bond motifs is 1. The van der Waals surface area contributed by atoms with Crippen molar-refractivity contribution in [2.75, 3.05) is 11.4 Å². The monoisotopic (exact) mass is 218 g/mol. The Kier molecular flexibility index (Phi) is 2.44. The summed E-state index contributed by atoms with van der Waals surface area (Å²) in [5.74, 6) is -0.119. The SMILES string of the molecule is CC(=O)N1CC=Cc2ccc([N+](=O)[O-])cc21. The second-order valence-corrected chi connectivity index (χ2v) is 3.53. The van der Waals surface area contributed by atoms with Crippen molar-refractivity contribution in [1.29, 1.82) is 0 Å². The molecule has 82 valence electrons. The van der Waals surface area contributed by atoms with E-state index in [9.17, 15) is 14.9 Å². The van der Waals surface area contributed by atoms with Gasteiger partial charge in [-0.1, -0.05) is 12.2 Å². The quantitative estimate of drug-likeness (QED) is 0.534. The number of nitrogens with zero attached hydrogens (tertiary/aromatic N) is 2. The van der Waals surface area contributed by atoms with Crippen LogP contribution in [0.1, 0.15) is 12.5 Å². The number of hydrogen-bond acceptors (Lipinski definition) is 3. The molecule has 0 aromatic heterocycles. The van der Waals surface area contributed by atoms with Gasteiger partial charge in [0.05, 0.1) is 10.6 Å². The maximum absolute atomic E-state index is 11.4. The third kappa shape index (κ3) is 1.67. The first-order valence-electron chi connectivity index (χ1n) is 4.82. The van der Waals surface area contributed by atoms with Crippen LogP contribution < -0.4 is 4.90 Å². The summed E-state index contributed by atoms with van der Waals surface area (Å²) in [7, 11) is 0. The molecule has 0 fully saturated rings. The molecule has 0 spiro atoms. The first kappa shape index (κ1) is 10.4. The fourth-order valence-electron chi connectivity index (χ4n) is 1.70. The molecule has 1 aliphatic heterocycles. The number of carbonyl (C=O) groups excluding carboxylic acids is 1. The summed E-state index contributed by atoms with van der Waals surface area (Å²) in [6.45, 7) is 1.91. The normalized spacial score (nSPS) is 13.4. The van der Waals surface area contributed by atoms with E-state index in [0.717, 1.165) is 5.56 Å². The Balaban J connectivity index is 2.53. The van der Waals surface area contributed by atoms with Crippen molar-refractivity contribution >= 4 is 23.4 Å². The summed E-state index contributed by atoms with van der Waals surface area (Å²) in [6.07, 6.45) is 3.72. The van der Waals surface area contributed by atoms with Gasteiger partial charge < -0.3 is 4.90 Å². The highest BCUT2D eigenvalue weighted by atomic mass is 16.6. The Morgan fingerprint density at radius 1 is 1.50 bits per heavy atom. The van der Waals surface area contributed by atoms with Crippen molar-refractivity contribution in [2.24, 2.45) is 0 Å². The Labute approximate surface area is 92.1 Å². The Bertz CT molecular complexity index is 494. The maximum atomic E-state index is 11.4. The van der Waals surface area contributed by atoms with Gasteiger partial charge in [0.1, 0.15) is 0 Å². The molecule has 0 saturated carbocycles. The third-order valence-electron chi connectivity index (χ3n) is 2.48. The first-order chi connectivity index (χ1) is 7.59. The number of nitro benzene ring substituents is 1. The predicted molar refractivity (Wildman–Crippen MR) is 60.2 cm³/mol. The molecule has 1 aromatic carbocycles. The molecule has 0 bridgehead atoms. The smallest absolute Gasteiger partial charge is 0.271 e. The zero-order valence-electron chi connectivity index (χ0n) is 8.71. The minimum atomic E-state index is -0.461. The van der Waals surface area contributed by atoms with Gasteiger partial charge in [0.2, 0.25) is 5.91 Å². The number of benzene rings is 1. The van der Waals surface area contributed by atoms with Crippen molar-refractivity contribution in [3.05, 3.63) is 40.0 Å². The van der Waals surface area contributed by atoms with Gasteiger partial charge >= 0.3 is 0 Å². The number of carbonyl (C=O) groups is 1. The predicted octanol–water partition coefficient (Wildman–Crippen LogP) is 1.97. The largest absolute Gasteiger partial charge is 0.308 e. The number of non-ortho nitro benzene ring substituents is 1. The molecule has 0 aliphatic carbocycles. The molecule has 1 aliphatic rings. The summed E-state index contributed by atoms with van der Waals surface area (Å²) in [5.41, 5.74) is 1.43. The minimum absolute atomic E-state index is 0.000278. The lowest BCUT2D eigenvalue weighted by Gasteiger charge is -2.24. The zero-order valence-corrected chi connectivity index (χ0v) is 8.71. The lowest BCUT2D eigenvalue weighted by Crippen LogP contribution is -2.30. The third-order valence-corrected chi connectivity index (χ3v) is 2.48. The van der Waals surface area contributed by atoms with E-state index < -0.39 is 4.92 Å². The van der Waals surface area contributed by atoms with Crippen molar-refractivity contribution < 1.29 is 9.72 Å². The highest BCUT2D eigenvalue weighted by Gasteiger charge is 2.19. The van der Waals surface area contributed by atoms with Crippen molar-refractivity contribution in [1.82, 2.24) is 0 Å². The Morgan fingerprint density at radius 2 is 2.25 bits per heavy atom. The average Bonchev–Trinajstić information content (AvgIpc) is 2.27. The van der Waals surface area contributed by atoms with Gasteiger partial charge in [-0.2, -0.15) is 0 Å². The second kappa shape index (κ2) is 3.77. The van der Waals surface area contributed by atoms with Crippen LogP contribution in [0.5, 0.6) is 0 Å². The topological polar surface area (TPSA) is 63.5 Å². The number of rotatable bonds is 1. The van der Waals surface area contributed by atoms with Gasteiger partial charge in [-0.3, -0.25) is 14.9 Å². The summed E-state index contributed by atoms with van der Waals surface area (Å²) >= 11 is 0. The van der Waals surface area contributed by atoms with Gasteiger partial charge in [-0.25, -0.2) is 0 Å². The molecule has 16 heavy (non-hydrogen) atoms. The number of amides is 1. The maximum Gasteiger partial charge on any atom is 0.271 e. The molecule has 0 atom stereocenters. The van der Waals surface area contributed by atoms with Crippen molar-refractivity contribution in [3.8, 4) is 0 Å². The van der Waals surface area contributed by atoms with Crippen molar-refractivity contribution in [3.63, 3.8) is 0 Å². The number of anilines is 1. The average molecular weight is 218 g/mol. The fourth-order valence-corrected chi connectivity index (χ4v) is 1.70. The first-order valence-corrected chi connectivity index (χ1v) is 4.82. The molecule has 0 radical (unpaired) electrons. The molecule has 1 aromatic rings. The van der Waals surface area contributed by atoms with E-state index in [4.69, 9.17) is 0 Å². The van der Waals surface area contributed by atoms with E-state index in [2.05, 4.69) is 0 Å². The van der Waals surface area contributed by atoms with E-state index >= 15 is 0 Å². The van der Waals surface area contributed by atoms with E-state index in [1.54, 1.807) is 6.07 Å². The molecule has 0 saturated heterocycles. The summed E-state index contributed by atoms with van der Waals surface area (Å²) in [5, 5.41) is 10.6. The number of nitro groups is 1. The summed E-state index contributed by atoms with van der Waals surface area (Å²) in [6, 6.07) is 4.52. The lowest BCUT2D eigenvalue weighted by atomic mass is 10.1. The van der Waals surface area contributed by atoms with E-state index in [0.29, 0.717) is 12.2 Å². The standard InChI is InChI=1S/C11H10N2O3/c1-8(14)12-6-2-3-9-4-5-10(13(15)16)7-11(9)12/h2-5,7H,6H2,1H3. The molecular formula is C11H10N2O3. The van der Waals surface area contributed by atoms with Crippen LogP contribution in [-0.4, -0.2) is 17.4 Å². The molecule has 5 heteroatoms. The number of hydrogen-bond donors (Lipinski definition) is 0. The van der Waals surface area contributed by atoms with Gasteiger partial charge in [0.15, 0.2) is 0 Å². The molecule has 1 amide bonds. The van der Waals surface area contributed by atoms with Gasteiger partial charge in [-0.05, 0) is 11.6 Å². The molecular weight excluding hydrogens is 208 g/mol. The van der Waals surface area contributed by atoms with Crippen LogP contribution in [0.4, 0.5) is 11.4 Å². The zero-order chi connectivity index (χ0) is 11.7. The van der Waals surface area contributed by atoms with Gasteiger partial charge in [-0.15, -0.1) is 0 Å². The van der Waals surface area contributed by atoms with Crippen LogP contribution in [-0.2, 0) is 4.79 Å². The van der Waals surface area contributed by atoms with E-state index in [1.165, 1.54) is 24.0 Å². The summed E-state index contributed by atoms with van der Waals surface area (Å²) < 4.78 is 0. The highest BCUT2D eigenvalue weighted by molar-refractivity contribution is 5.96. The molecule has 0 N–H and O–H groups in total. The Hall–Kier alpha value is -2.17. The molecule has 2 rings (SSSR count). The van der Waals surface area contributed by atoms with Crippen LogP contribution in [0, 0.1) is 10.1 Å². The minimum Gasteiger partial charge on any atom is -0.308 e. The van der Waals surface area contributed by atoms with Crippen LogP contribution in [0.25, 0.3) is 6.08 Å². The second-order valence-electron chi connectivity index (χ2n) is 3.53. The van der Waals surface area contributed by atoms with E-state index in [-0.39, 0.29) is 11.6 Å². The molecule has 5 nitrogen and oxygen atoms in total. The van der Waals surface area contributed by atoms with Crippen molar-refractivity contribution in [2.45, 2.75) is 6.92 Å². The molecule has 0 unspecified atom stereocenters. The van der Waals surface area contributed by atoms with Gasteiger partial charge in [0, 0.05) is 25.6 Å². The van der Waals surface area contributed by atoms with E-state index in [1.807, 2.05) is 12.2 Å². The highest BCUT2D eigenvalue weighted by Crippen LogP contribution is 2.29. The fraction of sp³-hybridized carbons (Fsp3) is 0.182. The van der Waals surface area contributed by atoms with Gasteiger partial charge in [0.25, 0.3) is 5.69 Å². The van der Waals surface area contributed by atoms with Crippen LogP contribution >= 0.6 is 0 Å². The Morgan fingerprint density at radius 3 is 2.88 bits per heavy atom. The summed E-state index contributed by atoms with van der Waals surface area (Å²) in [4.78, 5) is 23.1. The molecule has 1 heterocycles. The van der Waals surface area contributed by atoms with Crippen LogP contribution in [0.2, 0.25) is 0 Å². The van der Waals surface area contributed by atoms with Crippen LogP contribution in [0.15, 0.2) is 24.3 Å². The lowest BCUT2D eigenvalue weighted by molar-refractivity contribution is -0.384.